The Morgan fingerprint density at radius 3 is 2.27 bits per heavy atom. The maximum absolute atomic E-state index is 11.7. The average Bonchev–Trinajstić information content (AvgIpc) is 2.28. The molecular weight excluding hydrogens is 280 g/mol. The number of carbonyl (C=O) groups excluding carboxylic acids is 1. The molecule has 4 N–H and O–H groups in total. The normalized spacial score (nSPS) is 14.4. The molecule has 0 heterocycles. The summed E-state index contributed by atoms with van der Waals surface area (Å²) in [5.41, 5.74) is 5.30. The second-order valence-electron chi connectivity index (χ2n) is 7.57. The summed E-state index contributed by atoms with van der Waals surface area (Å²) in [6.07, 6.45) is 2.56. The third-order valence-electron chi connectivity index (χ3n) is 2.60. The smallest absolute Gasteiger partial charge is 0.407 e. The van der Waals surface area contributed by atoms with Crippen LogP contribution in [0.5, 0.6) is 0 Å². The lowest BCUT2D eigenvalue weighted by molar-refractivity contribution is 0.0524. The highest BCUT2D eigenvalue weighted by Crippen LogP contribution is 2.08. The van der Waals surface area contributed by atoms with E-state index in [1.54, 1.807) is 0 Å². The Morgan fingerprint density at radius 1 is 1.23 bits per heavy atom. The number of nitrogens with one attached hydrogen (secondary N) is 2. The third-order valence-corrected chi connectivity index (χ3v) is 2.60. The van der Waals surface area contributed by atoms with E-state index >= 15 is 0 Å². The van der Waals surface area contributed by atoms with Crippen LogP contribution in [0.3, 0.4) is 0 Å². The lowest BCUT2D eigenvalue weighted by Gasteiger charge is -2.23. The molecule has 0 fully saturated rings. The molecule has 0 aliphatic heterocycles. The van der Waals surface area contributed by atoms with Crippen molar-refractivity contribution in [3.63, 3.8) is 0 Å². The fourth-order valence-electron chi connectivity index (χ4n) is 1.78. The fourth-order valence-corrected chi connectivity index (χ4v) is 1.78. The lowest BCUT2D eigenvalue weighted by Crippen LogP contribution is -2.46. The summed E-state index contributed by atoms with van der Waals surface area (Å²) in [7, 11) is 0. The number of amides is 1. The maximum Gasteiger partial charge on any atom is 0.407 e. The average molecular weight is 314 g/mol. The van der Waals surface area contributed by atoms with E-state index in [-0.39, 0.29) is 11.6 Å². The molecule has 6 nitrogen and oxygen atoms in total. The number of hydrogen-bond donors (Lipinski definition) is 3. The van der Waals surface area contributed by atoms with Crippen molar-refractivity contribution in [2.45, 2.75) is 84.9 Å². The molecule has 0 bridgehead atoms. The van der Waals surface area contributed by atoms with Gasteiger partial charge in [-0.15, -0.1) is 0 Å². The van der Waals surface area contributed by atoms with Gasteiger partial charge in [0.1, 0.15) is 5.60 Å². The van der Waals surface area contributed by atoms with Gasteiger partial charge in [0.25, 0.3) is 0 Å². The van der Waals surface area contributed by atoms with Gasteiger partial charge in [0.15, 0.2) is 5.96 Å². The zero-order valence-corrected chi connectivity index (χ0v) is 15.2. The number of carbonyl (C=O) groups is 1. The van der Waals surface area contributed by atoms with Crippen LogP contribution >= 0.6 is 0 Å². The number of guanidine groups is 1. The van der Waals surface area contributed by atoms with Gasteiger partial charge < -0.3 is 21.1 Å². The second kappa shape index (κ2) is 8.86. The van der Waals surface area contributed by atoms with Gasteiger partial charge in [-0.3, -0.25) is 0 Å². The molecule has 6 heteroatoms. The molecule has 0 rings (SSSR count). The van der Waals surface area contributed by atoms with Crippen molar-refractivity contribution < 1.29 is 9.53 Å². The predicted octanol–water partition coefficient (Wildman–Crippen LogP) is 2.77. The largest absolute Gasteiger partial charge is 0.444 e. The van der Waals surface area contributed by atoms with E-state index in [4.69, 9.17) is 10.5 Å². The maximum atomic E-state index is 11.7. The van der Waals surface area contributed by atoms with E-state index in [9.17, 15) is 4.79 Å². The standard InChI is InChI=1S/C16H34N4O2/c1-8-9-10-12(19-13(17)20-15(2,3)4)11-18-14(21)22-16(5,6)7/h12H,8-11H2,1-7H3,(H,18,21)(H3,17,19,20). The van der Waals surface area contributed by atoms with Gasteiger partial charge in [0, 0.05) is 12.1 Å². The van der Waals surface area contributed by atoms with Crippen LogP contribution in [0.25, 0.3) is 0 Å². The van der Waals surface area contributed by atoms with Crippen LogP contribution in [-0.2, 0) is 4.74 Å². The SMILES string of the molecule is CCCCC(CNC(=O)OC(C)(C)C)N=C(N)NC(C)(C)C. The number of unbranched alkanes of at least 4 members (excludes halogenated alkanes) is 1. The molecular formula is C16H34N4O2. The van der Waals surface area contributed by atoms with Crippen molar-refractivity contribution in [1.82, 2.24) is 10.6 Å². The van der Waals surface area contributed by atoms with Crippen molar-refractivity contribution in [2.24, 2.45) is 10.7 Å². The third kappa shape index (κ3) is 12.3. The van der Waals surface area contributed by atoms with Crippen molar-refractivity contribution >= 4 is 12.1 Å². The Morgan fingerprint density at radius 2 is 1.82 bits per heavy atom. The summed E-state index contributed by atoms with van der Waals surface area (Å²) in [4.78, 5) is 16.2. The highest BCUT2D eigenvalue weighted by atomic mass is 16.6. The Hall–Kier alpha value is -1.46. The summed E-state index contributed by atoms with van der Waals surface area (Å²) in [5.74, 6) is 0.402. The lowest BCUT2D eigenvalue weighted by atomic mass is 10.1. The summed E-state index contributed by atoms with van der Waals surface area (Å²) in [5, 5.41) is 5.90. The molecule has 130 valence electrons. The zero-order chi connectivity index (χ0) is 17.4. The van der Waals surface area contributed by atoms with E-state index in [2.05, 4.69) is 22.5 Å². The van der Waals surface area contributed by atoms with E-state index in [0.717, 1.165) is 19.3 Å². The van der Waals surface area contributed by atoms with Crippen LogP contribution in [0.15, 0.2) is 4.99 Å². The Kier molecular flexibility index (Phi) is 8.27. The van der Waals surface area contributed by atoms with Crippen LogP contribution in [-0.4, -0.2) is 35.8 Å². The fraction of sp³-hybridized carbons (Fsp3) is 0.875. The topological polar surface area (TPSA) is 88.7 Å². The molecule has 1 atom stereocenters. The van der Waals surface area contributed by atoms with E-state index in [0.29, 0.717) is 12.5 Å². The number of alkyl carbamates (subject to hydrolysis) is 1. The molecule has 0 aromatic heterocycles. The number of rotatable bonds is 6. The zero-order valence-electron chi connectivity index (χ0n) is 15.2. The summed E-state index contributed by atoms with van der Waals surface area (Å²) in [6, 6.07) is -0.0534. The molecule has 0 radical (unpaired) electrons. The van der Waals surface area contributed by atoms with E-state index < -0.39 is 11.7 Å². The Bertz CT molecular complexity index is 367. The number of ether oxygens (including phenoxy) is 1. The van der Waals surface area contributed by atoms with E-state index in [1.807, 2.05) is 41.5 Å². The van der Waals surface area contributed by atoms with Gasteiger partial charge in [-0.25, -0.2) is 9.79 Å². The monoisotopic (exact) mass is 314 g/mol. The van der Waals surface area contributed by atoms with Crippen LogP contribution < -0.4 is 16.4 Å². The molecule has 0 aromatic rings. The Balaban J connectivity index is 4.58. The minimum Gasteiger partial charge on any atom is -0.444 e. The van der Waals surface area contributed by atoms with Crippen molar-refractivity contribution in [2.75, 3.05) is 6.54 Å². The number of hydrogen-bond acceptors (Lipinski definition) is 3. The van der Waals surface area contributed by atoms with Crippen LogP contribution in [0.4, 0.5) is 4.79 Å². The Labute approximate surface area is 135 Å². The highest BCUT2D eigenvalue weighted by Gasteiger charge is 2.18. The van der Waals surface area contributed by atoms with Gasteiger partial charge in [-0.1, -0.05) is 19.8 Å². The molecule has 22 heavy (non-hydrogen) atoms. The minimum absolute atomic E-state index is 0.0534. The van der Waals surface area contributed by atoms with Crippen molar-refractivity contribution in [3.8, 4) is 0 Å². The van der Waals surface area contributed by atoms with Gasteiger partial charge >= 0.3 is 6.09 Å². The first-order valence-electron chi connectivity index (χ1n) is 8.01. The number of aliphatic imine (C=N–C) groups is 1. The van der Waals surface area contributed by atoms with Crippen molar-refractivity contribution in [1.29, 1.82) is 0 Å². The quantitative estimate of drug-likeness (QED) is 0.519. The summed E-state index contributed by atoms with van der Waals surface area (Å²) < 4.78 is 5.23. The van der Waals surface area contributed by atoms with Crippen LogP contribution in [0.2, 0.25) is 0 Å². The molecule has 0 spiro atoms. The first-order chi connectivity index (χ1) is 9.93. The minimum atomic E-state index is -0.501. The van der Waals surface area contributed by atoms with Crippen LogP contribution in [0.1, 0.15) is 67.7 Å². The first kappa shape index (κ1) is 20.5. The molecule has 0 saturated heterocycles. The molecule has 1 amide bonds. The summed E-state index contributed by atoms with van der Waals surface area (Å²) in [6.45, 7) is 14.1. The molecule has 0 aliphatic carbocycles. The number of nitrogens with zero attached hydrogens (tertiary/aromatic N) is 1. The molecule has 1 unspecified atom stereocenters. The first-order valence-corrected chi connectivity index (χ1v) is 8.01. The van der Waals surface area contributed by atoms with Gasteiger partial charge in [0.2, 0.25) is 0 Å². The predicted molar refractivity (Wildman–Crippen MR) is 92.1 cm³/mol. The van der Waals surface area contributed by atoms with Gasteiger partial charge in [0.05, 0.1) is 6.04 Å². The van der Waals surface area contributed by atoms with E-state index in [1.165, 1.54) is 0 Å². The summed E-state index contributed by atoms with van der Waals surface area (Å²) >= 11 is 0. The second-order valence-corrected chi connectivity index (χ2v) is 7.57. The van der Waals surface area contributed by atoms with Crippen LogP contribution in [0, 0.1) is 0 Å². The number of nitrogens with two attached hydrogens (primary N) is 1. The highest BCUT2D eigenvalue weighted by molar-refractivity contribution is 5.78. The van der Waals surface area contributed by atoms with Gasteiger partial charge in [-0.2, -0.15) is 0 Å². The molecule has 0 aromatic carbocycles. The molecule has 0 saturated carbocycles. The molecule has 0 aliphatic rings. The van der Waals surface area contributed by atoms with Gasteiger partial charge in [-0.05, 0) is 48.0 Å². The van der Waals surface area contributed by atoms with Crippen molar-refractivity contribution in [3.05, 3.63) is 0 Å².